The minimum Gasteiger partial charge on any atom is -0.480 e. The number of nitrogens with two attached hydrogens (primary N) is 1. The average molecular weight is 342 g/mol. The van der Waals surface area contributed by atoms with Crippen molar-refractivity contribution in [1.29, 1.82) is 0 Å². The van der Waals surface area contributed by atoms with Gasteiger partial charge in [0.25, 0.3) is 5.85 Å². The van der Waals surface area contributed by atoms with Gasteiger partial charge in [-0.2, -0.15) is 0 Å². The number of ether oxygens (including phenoxy) is 1. The van der Waals surface area contributed by atoms with Gasteiger partial charge in [0.05, 0.1) is 6.61 Å². The maximum Gasteiger partial charge on any atom is 0.417 e. The molecule has 22 heavy (non-hydrogen) atoms. The third-order valence-electron chi connectivity index (χ3n) is 2.89. The molecule has 1 saturated heterocycles. The molecule has 0 bridgehead atoms. The van der Waals surface area contributed by atoms with Crippen molar-refractivity contribution in [3.63, 3.8) is 0 Å². The van der Waals surface area contributed by atoms with Gasteiger partial charge in [-0.05, 0) is 6.42 Å². The second kappa shape index (κ2) is 7.47. The van der Waals surface area contributed by atoms with E-state index in [-0.39, 0.29) is 6.42 Å². The van der Waals surface area contributed by atoms with E-state index in [9.17, 15) is 29.3 Å². The zero-order chi connectivity index (χ0) is 17.1. The minimum absolute atomic E-state index is 0.325. The Morgan fingerprint density at radius 3 is 2.45 bits per heavy atom. The number of aliphatic hydroxyl groups excluding tert-OH is 3. The number of carboxylic acids is 1. The summed E-state index contributed by atoms with van der Waals surface area (Å²) in [5.74, 6) is -3.54. The standard InChI is InChI=1S/C10H17NO10P/c11-4(9(16)17)1-2-6(13)21-22(18,19)10-8(15)7(14)5(3-12)20-10/h4-5,7-8,12,14-15H,1-3,11H2,(H,16,17)(H,18,19)/t4-,5+,7+,8+/m0/s1. The lowest BCUT2D eigenvalue weighted by molar-refractivity contribution is -0.139. The average Bonchev–Trinajstić information content (AvgIpc) is 2.72. The molecule has 1 rings (SSSR count). The minimum atomic E-state index is -4.89. The highest BCUT2D eigenvalue weighted by molar-refractivity contribution is 7.56. The first-order chi connectivity index (χ1) is 10.1. The maximum absolute atomic E-state index is 11.9. The second-order valence-electron chi connectivity index (χ2n) is 4.58. The fourth-order valence-electron chi connectivity index (χ4n) is 1.65. The SMILES string of the molecule is N[C@@H](CCC(=O)OP(=O)(O)[C]1O[C@H](CO)[C@@H](O)[C@H]1O)C(=O)O. The third kappa shape index (κ3) is 4.46. The quantitative estimate of drug-likeness (QED) is 0.268. The molecule has 1 unspecified atom stereocenters. The molecule has 0 amide bonds. The van der Waals surface area contributed by atoms with E-state index in [0.29, 0.717) is 0 Å². The summed E-state index contributed by atoms with van der Waals surface area (Å²) in [4.78, 5) is 31.5. The molecular weight excluding hydrogens is 325 g/mol. The zero-order valence-electron chi connectivity index (χ0n) is 11.2. The molecule has 1 fully saturated rings. The summed E-state index contributed by atoms with van der Waals surface area (Å²) in [7, 11) is -4.89. The molecule has 5 atom stereocenters. The van der Waals surface area contributed by atoms with Crippen LogP contribution in [0.1, 0.15) is 12.8 Å². The molecule has 1 aliphatic heterocycles. The Labute approximate surface area is 124 Å². The van der Waals surface area contributed by atoms with Gasteiger partial charge in [0.15, 0.2) is 0 Å². The number of hydrogen-bond donors (Lipinski definition) is 6. The Hall–Kier alpha value is -1.07. The fraction of sp³-hybridized carbons (Fsp3) is 0.700. The molecular formula is C10H17NO10P. The van der Waals surface area contributed by atoms with Crippen molar-refractivity contribution in [2.75, 3.05) is 6.61 Å². The van der Waals surface area contributed by atoms with Gasteiger partial charge < -0.3 is 40.3 Å². The van der Waals surface area contributed by atoms with Crippen molar-refractivity contribution in [3.05, 3.63) is 5.85 Å². The van der Waals surface area contributed by atoms with Crippen molar-refractivity contribution in [3.8, 4) is 0 Å². The monoisotopic (exact) mass is 342 g/mol. The van der Waals surface area contributed by atoms with Crippen LogP contribution < -0.4 is 5.73 Å². The highest BCUT2D eigenvalue weighted by Gasteiger charge is 2.54. The van der Waals surface area contributed by atoms with E-state index in [0.717, 1.165) is 0 Å². The maximum atomic E-state index is 11.9. The summed E-state index contributed by atoms with van der Waals surface area (Å²) < 4.78 is 20.9. The van der Waals surface area contributed by atoms with E-state index in [1.165, 1.54) is 0 Å². The number of carbonyl (C=O) groups excluding carboxylic acids is 1. The number of carbonyl (C=O) groups is 2. The lowest BCUT2D eigenvalue weighted by atomic mass is 10.2. The molecule has 0 aromatic carbocycles. The summed E-state index contributed by atoms with van der Waals surface area (Å²) >= 11 is 0. The van der Waals surface area contributed by atoms with Gasteiger partial charge in [-0.3, -0.25) is 9.59 Å². The predicted octanol–water partition coefficient (Wildman–Crippen LogP) is -2.49. The fourth-order valence-corrected chi connectivity index (χ4v) is 2.86. The van der Waals surface area contributed by atoms with Gasteiger partial charge >= 0.3 is 19.5 Å². The molecule has 0 aromatic heterocycles. The van der Waals surface area contributed by atoms with E-state index < -0.39 is 62.8 Å². The van der Waals surface area contributed by atoms with Crippen LogP contribution in [0.4, 0.5) is 0 Å². The van der Waals surface area contributed by atoms with Crippen LogP contribution >= 0.6 is 7.60 Å². The highest BCUT2D eigenvalue weighted by Crippen LogP contribution is 2.58. The van der Waals surface area contributed by atoms with Crippen molar-refractivity contribution >= 4 is 19.5 Å². The van der Waals surface area contributed by atoms with Gasteiger partial charge in [-0.15, -0.1) is 0 Å². The summed E-state index contributed by atoms with van der Waals surface area (Å²) in [6, 6.07) is -1.34. The van der Waals surface area contributed by atoms with E-state index >= 15 is 0 Å². The van der Waals surface area contributed by atoms with Gasteiger partial charge in [-0.25, -0.2) is 4.57 Å². The first kappa shape index (κ1) is 19.0. The summed E-state index contributed by atoms with van der Waals surface area (Å²) in [5.41, 5.74) is 5.16. The molecule has 12 heteroatoms. The predicted molar refractivity (Wildman–Crippen MR) is 68.0 cm³/mol. The van der Waals surface area contributed by atoms with Crippen LogP contribution in [0.15, 0.2) is 0 Å². The first-order valence-corrected chi connectivity index (χ1v) is 7.72. The van der Waals surface area contributed by atoms with Crippen LogP contribution in [-0.2, 0) is 23.4 Å². The van der Waals surface area contributed by atoms with Gasteiger partial charge in [0.2, 0.25) is 0 Å². The normalized spacial score (nSPS) is 29.8. The molecule has 11 nitrogen and oxygen atoms in total. The molecule has 0 saturated carbocycles. The Morgan fingerprint density at radius 2 is 2.00 bits per heavy atom. The molecule has 1 heterocycles. The van der Waals surface area contributed by atoms with Crippen LogP contribution in [0.5, 0.6) is 0 Å². The molecule has 7 N–H and O–H groups in total. The van der Waals surface area contributed by atoms with Crippen molar-refractivity contribution < 1.29 is 48.7 Å². The van der Waals surface area contributed by atoms with E-state index in [1.807, 2.05) is 0 Å². The number of rotatable bonds is 7. The number of aliphatic carboxylic acids is 1. The van der Waals surface area contributed by atoms with Crippen LogP contribution in [-0.4, -0.2) is 68.2 Å². The summed E-state index contributed by atoms with van der Waals surface area (Å²) in [5, 5.41) is 36.4. The van der Waals surface area contributed by atoms with Gasteiger partial charge in [0, 0.05) is 6.42 Å². The van der Waals surface area contributed by atoms with Gasteiger partial charge in [-0.1, -0.05) is 0 Å². The third-order valence-corrected chi connectivity index (χ3v) is 4.27. The zero-order valence-corrected chi connectivity index (χ0v) is 12.1. The Bertz CT molecular complexity index is 471. The lowest BCUT2D eigenvalue weighted by Gasteiger charge is -2.19. The number of aliphatic hydroxyl groups is 3. The largest absolute Gasteiger partial charge is 0.480 e. The molecule has 127 valence electrons. The number of carboxylic acid groups (broad SMARTS) is 1. The van der Waals surface area contributed by atoms with Crippen molar-refractivity contribution in [1.82, 2.24) is 0 Å². The Kier molecular flexibility index (Phi) is 6.44. The second-order valence-corrected chi connectivity index (χ2v) is 6.24. The first-order valence-electron chi connectivity index (χ1n) is 6.14. The summed E-state index contributed by atoms with van der Waals surface area (Å²) in [6.07, 6.45) is -5.77. The molecule has 0 spiro atoms. The smallest absolute Gasteiger partial charge is 0.417 e. The van der Waals surface area contributed by atoms with E-state index in [4.69, 9.17) is 20.7 Å². The number of hydrogen-bond acceptors (Lipinski definition) is 9. The lowest BCUT2D eigenvalue weighted by Crippen LogP contribution is -2.32. The Balaban J connectivity index is 2.62. The molecule has 0 aliphatic carbocycles. The van der Waals surface area contributed by atoms with Crippen LogP contribution in [0.3, 0.4) is 0 Å². The molecule has 1 aliphatic rings. The van der Waals surface area contributed by atoms with Crippen molar-refractivity contribution in [2.45, 2.75) is 37.2 Å². The van der Waals surface area contributed by atoms with Crippen LogP contribution in [0.2, 0.25) is 0 Å². The van der Waals surface area contributed by atoms with E-state index in [1.54, 1.807) is 0 Å². The Morgan fingerprint density at radius 1 is 1.41 bits per heavy atom. The summed E-state index contributed by atoms with van der Waals surface area (Å²) in [6.45, 7) is -0.733. The molecule has 1 radical (unpaired) electrons. The highest BCUT2D eigenvalue weighted by atomic mass is 31.2. The van der Waals surface area contributed by atoms with Crippen LogP contribution in [0.25, 0.3) is 0 Å². The van der Waals surface area contributed by atoms with Crippen LogP contribution in [0, 0.1) is 5.85 Å². The topological polar surface area (TPSA) is 197 Å². The van der Waals surface area contributed by atoms with Gasteiger partial charge in [0.1, 0.15) is 24.4 Å². The molecule has 0 aromatic rings. The van der Waals surface area contributed by atoms with E-state index in [2.05, 4.69) is 4.52 Å². The van der Waals surface area contributed by atoms with Crippen molar-refractivity contribution in [2.24, 2.45) is 5.73 Å².